The third-order valence-electron chi connectivity index (χ3n) is 3.02. The lowest BCUT2D eigenvalue weighted by Crippen LogP contribution is -2.43. The van der Waals surface area contributed by atoms with Crippen molar-refractivity contribution in [2.45, 2.75) is 13.0 Å². The summed E-state index contributed by atoms with van der Waals surface area (Å²) in [5, 5.41) is 4.95. The number of nitrogens with one attached hydrogen (secondary N) is 2. The number of para-hydroxylation sites is 1. The third-order valence-corrected chi connectivity index (χ3v) is 3.22. The van der Waals surface area contributed by atoms with Crippen molar-refractivity contribution in [2.75, 3.05) is 7.05 Å². The van der Waals surface area contributed by atoms with E-state index in [1.54, 1.807) is 24.3 Å². The highest BCUT2D eigenvalue weighted by Crippen LogP contribution is 2.21. The van der Waals surface area contributed by atoms with Crippen LogP contribution < -0.4 is 10.6 Å². The SMILES string of the molecule is CNC(=O)NC(=O)[C@@H](C)OC(=O)c1cc(Cl)nc2ccccc12. The number of esters is 1. The lowest BCUT2D eigenvalue weighted by molar-refractivity contribution is -0.127. The van der Waals surface area contributed by atoms with E-state index in [1.165, 1.54) is 20.0 Å². The molecule has 1 atom stereocenters. The molecule has 0 unspecified atom stereocenters. The first-order valence-electron chi connectivity index (χ1n) is 6.71. The zero-order valence-corrected chi connectivity index (χ0v) is 13.2. The maximum Gasteiger partial charge on any atom is 0.339 e. The van der Waals surface area contributed by atoms with E-state index in [-0.39, 0.29) is 10.7 Å². The van der Waals surface area contributed by atoms with Crippen molar-refractivity contribution in [1.29, 1.82) is 0 Å². The van der Waals surface area contributed by atoms with Crippen LogP contribution in [0.2, 0.25) is 5.15 Å². The highest BCUT2D eigenvalue weighted by Gasteiger charge is 2.22. The Balaban J connectivity index is 2.21. The molecule has 0 fully saturated rings. The number of halogens is 1. The number of hydrogen-bond acceptors (Lipinski definition) is 5. The van der Waals surface area contributed by atoms with Gasteiger partial charge in [0.15, 0.2) is 6.10 Å². The quantitative estimate of drug-likeness (QED) is 0.659. The minimum Gasteiger partial charge on any atom is -0.449 e. The monoisotopic (exact) mass is 335 g/mol. The summed E-state index contributed by atoms with van der Waals surface area (Å²) in [6.45, 7) is 1.36. The molecule has 7 nitrogen and oxygen atoms in total. The second-order valence-electron chi connectivity index (χ2n) is 4.63. The maximum atomic E-state index is 12.3. The molecule has 0 aliphatic heterocycles. The van der Waals surface area contributed by atoms with Gasteiger partial charge in [-0.25, -0.2) is 14.6 Å². The number of urea groups is 1. The molecule has 0 radical (unpaired) electrons. The number of rotatable bonds is 3. The molecule has 120 valence electrons. The van der Waals surface area contributed by atoms with Crippen molar-refractivity contribution >= 4 is 40.4 Å². The number of hydrogen-bond donors (Lipinski definition) is 2. The summed E-state index contributed by atoms with van der Waals surface area (Å²) >= 11 is 5.90. The summed E-state index contributed by atoms with van der Waals surface area (Å²) < 4.78 is 5.09. The summed E-state index contributed by atoms with van der Waals surface area (Å²) in [5.41, 5.74) is 0.731. The number of nitrogens with zero attached hydrogens (tertiary/aromatic N) is 1. The summed E-state index contributed by atoms with van der Waals surface area (Å²) in [5.74, 6) is -1.47. The van der Waals surface area contributed by atoms with Crippen LogP contribution in [0.3, 0.4) is 0 Å². The minimum atomic E-state index is -1.15. The van der Waals surface area contributed by atoms with Gasteiger partial charge in [0.1, 0.15) is 5.15 Å². The van der Waals surface area contributed by atoms with E-state index in [0.717, 1.165) is 0 Å². The maximum absolute atomic E-state index is 12.3. The van der Waals surface area contributed by atoms with E-state index in [4.69, 9.17) is 16.3 Å². The zero-order chi connectivity index (χ0) is 17.0. The largest absolute Gasteiger partial charge is 0.449 e. The van der Waals surface area contributed by atoms with Gasteiger partial charge in [0.2, 0.25) is 0 Å². The van der Waals surface area contributed by atoms with Gasteiger partial charge < -0.3 is 10.1 Å². The van der Waals surface area contributed by atoms with Gasteiger partial charge in [-0.1, -0.05) is 29.8 Å². The van der Waals surface area contributed by atoms with E-state index in [1.807, 2.05) is 5.32 Å². The number of ether oxygens (including phenoxy) is 1. The molecule has 0 saturated heterocycles. The lowest BCUT2D eigenvalue weighted by atomic mass is 10.1. The van der Waals surface area contributed by atoms with Gasteiger partial charge >= 0.3 is 12.0 Å². The number of pyridine rings is 1. The Morgan fingerprint density at radius 3 is 2.65 bits per heavy atom. The second-order valence-corrected chi connectivity index (χ2v) is 5.01. The third kappa shape index (κ3) is 3.95. The molecule has 8 heteroatoms. The molecule has 1 heterocycles. The molecular formula is C15H14ClN3O4. The molecule has 1 aromatic carbocycles. The van der Waals surface area contributed by atoms with E-state index in [9.17, 15) is 14.4 Å². The van der Waals surface area contributed by atoms with E-state index >= 15 is 0 Å². The number of aromatic nitrogens is 1. The minimum absolute atomic E-state index is 0.137. The van der Waals surface area contributed by atoms with Gasteiger partial charge in [0, 0.05) is 12.4 Å². The Kier molecular flexibility index (Phi) is 5.13. The van der Waals surface area contributed by atoms with Gasteiger partial charge in [0.25, 0.3) is 5.91 Å². The van der Waals surface area contributed by atoms with Gasteiger partial charge in [-0.15, -0.1) is 0 Å². The summed E-state index contributed by atoms with van der Waals surface area (Å²) in [7, 11) is 1.37. The van der Waals surface area contributed by atoms with Crippen LogP contribution in [0.4, 0.5) is 4.79 Å². The summed E-state index contributed by atoms with van der Waals surface area (Å²) in [6, 6.07) is 7.60. The molecule has 0 aliphatic carbocycles. The molecule has 0 aliphatic rings. The number of fused-ring (bicyclic) bond motifs is 1. The normalized spacial score (nSPS) is 11.6. The molecule has 2 rings (SSSR count). The predicted octanol–water partition coefficient (Wildman–Crippen LogP) is 1.89. The molecule has 0 spiro atoms. The highest BCUT2D eigenvalue weighted by atomic mass is 35.5. The van der Waals surface area contributed by atoms with Crippen molar-refractivity contribution < 1.29 is 19.1 Å². The van der Waals surface area contributed by atoms with Crippen molar-refractivity contribution in [3.05, 3.63) is 41.0 Å². The Morgan fingerprint density at radius 2 is 1.96 bits per heavy atom. The van der Waals surface area contributed by atoms with Crippen LogP contribution in [0, 0.1) is 0 Å². The van der Waals surface area contributed by atoms with Crippen molar-refractivity contribution in [3.63, 3.8) is 0 Å². The Hall–Kier alpha value is -2.67. The Bertz CT molecular complexity index is 778. The topological polar surface area (TPSA) is 97.4 Å². The fourth-order valence-electron chi connectivity index (χ4n) is 1.87. The zero-order valence-electron chi connectivity index (χ0n) is 12.4. The van der Waals surface area contributed by atoms with Gasteiger partial charge in [-0.05, 0) is 19.1 Å². The van der Waals surface area contributed by atoms with Crippen LogP contribution in [0.1, 0.15) is 17.3 Å². The number of benzene rings is 1. The predicted molar refractivity (Wildman–Crippen MR) is 84.2 cm³/mol. The molecule has 0 bridgehead atoms. The number of carbonyl (C=O) groups is 3. The summed E-state index contributed by atoms with van der Waals surface area (Å²) in [6.07, 6.45) is -1.15. The van der Waals surface area contributed by atoms with E-state index in [0.29, 0.717) is 10.9 Å². The standard InChI is InChI=1S/C15H14ClN3O4/c1-8(13(20)19-15(22)17-2)23-14(21)10-7-12(16)18-11-6-4-3-5-9(10)11/h3-8H,1-2H3,(H2,17,19,20,22)/t8-/m1/s1. The van der Waals surface area contributed by atoms with Gasteiger partial charge in [-0.3, -0.25) is 10.1 Å². The van der Waals surface area contributed by atoms with Crippen LogP contribution in [0.25, 0.3) is 10.9 Å². The average Bonchev–Trinajstić information content (AvgIpc) is 2.53. The number of amides is 3. The van der Waals surface area contributed by atoms with Crippen molar-refractivity contribution in [3.8, 4) is 0 Å². The van der Waals surface area contributed by atoms with E-state index in [2.05, 4.69) is 10.3 Å². The van der Waals surface area contributed by atoms with Gasteiger partial charge in [0.05, 0.1) is 11.1 Å². The van der Waals surface area contributed by atoms with Crippen LogP contribution in [0.15, 0.2) is 30.3 Å². The second kappa shape index (κ2) is 7.06. The molecular weight excluding hydrogens is 322 g/mol. The average molecular weight is 336 g/mol. The first-order chi connectivity index (χ1) is 10.9. The number of carbonyl (C=O) groups excluding carboxylic acids is 3. The first-order valence-corrected chi connectivity index (χ1v) is 7.09. The van der Waals surface area contributed by atoms with Gasteiger partial charge in [-0.2, -0.15) is 0 Å². The smallest absolute Gasteiger partial charge is 0.339 e. The highest BCUT2D eigenvalue weighted by molar-refractivity contribution is 6.30. The van der Waals surface area contributed by atoms with Crippen LogP contribution in [-0.2, 0) is 9.53 Å². The number of imide groups is 1. The fourth-order valence-corrected chi connectivity index (χ4v) is 2.07. The fraction of sp³-hybridized carbons (Fsp3) is 0.200. The van der Waals surface area contributed by atoms with Crippen LogP contribution in [-0.4, -0.2) is 36.0 Å². The molecule has 2 aromatic rings. The molecule has 2 N–H and O–H groups in total. The lowest BCUT2D eigenvalue weighted by Gasteiger charge is -2.13. The molecule has 0 saturated carbocycles. The molecule has 1 aromatic heterocycles. The van der Waals surface area contributed by atoms with E-state index < -0.39 is 24.0 Å². The molecule has 23 heavy (non-hydrogen) atoms. The van der Waals surface area contributed by atoms with Crippen molar-refractivity contribution in [1.82, 2.24) is 15.6 Å². The Labute approximate surface area is 137 Å². The van der Waals surface area contributed by atoms with Crippen molar-refractivity contribution in [2.24, 2.45) is 0 Å². The van der Waals surface area contributed by atoms with Crippen LogP contribution in [0.5, 0.6) is 0 Å². The molecule has 3 amide bonds. The first kappa shape index (κ1) is 16.7. The Morgan fingerprint density at radius 1 is 1.26 bits per heavy atom. The summed E-state index contributed by atoms with van der Waals surface area (Å²) in [4.78, 5) is 39.2. The van der Waals surface area contributed by atoms with Crippen LogP contribution >= 0.6 is 11.6 Å².